The Hall–Kier alpha value is -2.38. The average Bonchev–Trinajstić information content (AvgIpc) is 3.09. The molecule has 0 aliphatic heterocycles. The van der Waals surface area contributed by atoms with Crippen LogP contribution >= 0.6 is 22.9 Å². The second-order valence-electron chi connectivity index (χ2n) is 4.76. The molecule has 0 fully saturated rings. The molecule has 3 N–H and O–H groups in total. The van der Waals surface area contributed by atoms with Crippen LogP contribution in [0.1, 0.15) is 27.0 Å². The lowest BCUT2D eigenvalue weighted by Crippen LogP contribution is -2.36. The highest BCUT2D eigenvalue weighted by Crippen LogP contribution is 2.24. The number of hydrogen-bond acceptors (Lipinski definition) is 4. The number of nitrogens with one attached hydrogen (secondary N) is 3. The number of likely N-dealkylation sites (N-methyl/N-ethyl adjacent to an activating group) is 1. The number of carbonyl (C=O) groups is 3. The van der Waals surface area contributed by atoms with E-state index in [0.29, 0.717) is 27.7 Å². The minimum atomic E-state index is -0.426. The molecule has 0 aliphatic carbocycles. The first-order valence-electron chi connectivity index (χ1n) is 7.20. The van der Waals surface area contributed by atoms with Crippen molar-refractivity contribution in [2.45, 2.75) is 6.92 Å². The molecule has 0 saturated carbocycles. The highest BCUT2D eigenvalue weighted by atomic mass is 35.5. The third-order valence-electron chi connectivity index (χ3n) is 3.01. The Morgan fingerprint density at radius 3 is 2.58 bits per heavy atom. The summed E-state index contributed by atoms with van der Waals surface area (Å²) < 4.78 is 0. The zero-order chi connectivity index (χ0) is 17.5. The summed E-state index contributed by atoms with van der Waals surface area (Å²) in [7, 11) is 0. The van der Waals surface area contributed by atoms with E-state index in [1.54, 1.807) is 24.4 Å². The standard InChI is InChI=1S/C16H16ClN3O3S/c1-2-18-14(21)9-19-15(22)10-5-6-11(17)12(8-10)20-16(23)13-4-3-7-24-13/h3-8H,2,9H2,1H3,(H,18,21)(H,19,22)(H,20,23). The molecule has 1 heterocycles. The van der Waals surface area contributed by atoms with Crippen LogP contribution in [0.3, 0.4) is 0 Å². The highest BCUT2D eigenvalue weighted by Gasteiger charge is 2.13. The molecule has 0 aliphatic rings. The molecule has 1 aromatic heterocycles. The van der Waals surface area contributed by atoms with Crippen molar-refractivity contribution >= 4 is 46.3 Å². The third kappa shape index (κ3) is 4.81. The summed E-state index contributed by atoms with van der Waals surface area (Å²) in [5.41, 5.74) is 0.630. The molecular weight excluding hydrogens is 350 g/mol. The van der Waals surface area contributed by atoms with Crippen molar-refractivity contribution in [3.05, 3.63) is 51.2 Å². The lowest BCUT2D eigenvalue weighted by molar-refractivity contribution is -0.120. The van der Waals surface area contributed by atoms with E-state index in [4.69, 9.17) is 11.6 Å². The van der Waals surface area contributed by atoms with Gasteiger partial charge in [-0.25, -0.2) is 0 Å². The summed E-state index contributed by atoms with van der Waals surface area (Å²) in [6.45, 7) is 2.17. The molecule has 0 unspecified atom stereocenters. The van der Waals surface area contributed by atoms with Gasteiger partial charge in [-0.2, -0.15) is 0 Å². The van der Waals surface area contributed by atoms with Crippen molar-refractivity contribution in [2.75, 3.05) is 18.4 Å². The summed E-state index contributed by atoms with van der Waals surface area (Å²) in [6, 6.07) is 7.98. The first-order chi connectivity index (χ1) is 11.5. The molecule has 2 rings (SSSR count). The van der Waals surface area contributed by atoms with Gasteiger partial charge < -0.3 is 16.0 Å². The molecule has 0 bridgehead atoms. The van der Waals surface area contributed by atoms with Crippen molar-refractivity contribution < 1.29 is 14.4 Å². The summed E-state index contributed by atoms with van der Waals surface area (Å²) in [5, 5.41) is 9.88. The number of thiophene rings is 1. The smallest absolute Gasteiger partial charge is 0.265 e. The van der Waals surface area contributed by atoms with Crippen LogP contribution < -0.4 is 16.0 Å². The topological polar surface area (TPSA) is 87.3 Å². The lowest BCUT2D eigenvalue weighted by atomic mass is 10.2. The van der Waals surface area contributed by atoms with Gasteiger partial charge in [0.25, 0.3) is 11.8 Å². The molecule has 1 aromatic carbocycles. The molecule has 8 heteroatoms. The Morgan fingerprint density at radius 2 is 1.92 bits per heavy atom. The SMILES string of the molecule is CCNC(=O)CNC(=O)c1ccc(Cl)c(NC(=O)c2cccs2)c1. The second-order valence-corrected chi connectivity index (χ2v) is 6.12. The van der Waals surface area contributed by atoms with Crippen molar-refractivity contribution in [1.82, 2.24) is 10.6 Å². The summed E-state index contributed by atoms with van der Waals surface area (Å²) in [6.07, 6.45) is 0. The van der Waals surface area contributed by atoms with Gasteiger partial charge in [-0.1, -0.05) is 17.7 Å². The van der Waals surface area contributed by atoms with E-state index < -0.39 is 5.91 Å². The Labute approximate surface area is 148 Å². The molecule has 2 aromatic rings. The van der Waals surface area contributed by atoms with E-state index in [1.807, 2.05) is 0 Å². The summed E-state index contributed by atoms with van der Waals surface area (Å²) >= 11 is 7.37. The third-order valence-corrected chi connectivity index (χ3v) is 4.20. The van der Waals surface area contributed by atoms with E-state index >= 15 is 0 Å². The lowest BCUT2D eigenvalue weighted by Gasteiger charge is -2.09. The van der Waals surface area contributed by atoms with Crippen LogP contribution in [0.4, 0.5) is 5.69 Å². The molecule has 0 spiro atoms. The Balaban J connectivity index is 2.06. The fourth-order valence-corrected chi connectivity index (χ4v) is 2.66. The Bertz CT molecular complexity index is 747. The van der Waals surface area contributed by atoms with Gasteiger partial charge in [0.05, 0.1) is 22.1 Å². The van der Waals surface area contributed by atoms with Crippen LogP contribution in [0.15, 0.2) is 35.7 Å². The van der Waals surface area contributed by atoms with Crippen LogP contribution in [-0.4, -0.2) is 30.8 Å². The van der Waals surface area contributed by atoms with Crippen LogP contribution in [0, 0.1) is 0 Å². The predicted molar refractivity (Wildman–Crippen MR) is 94.7 cm³/mol. The molecule has 0 atom stereocenters. The molecule has 6 nitrogen and oxygen atoms in total. The number of rotatable bonds is 6. The zero-order valence-corrected chi connectivity index (χ0v) is 14.5. The predicted octanol–water partition coefficient (Wildman–Crippen LogP) is 2.52. The van der Waals surface area contributed by atoms with Crippen molar-refractivity contribution in [2.24, 2.45) is 0 Å². The van der Waals surface area contributed by atoms with Gasteiger partial charge in [-0.3, -0.25) is 14.4 Å². The maximum Gasteiger partial charge on any atom is 0.265 e. The quantitative estimate of drug-likeness (QED) is 0.735. The normalized spacial score (nSPS) is 10.1. The first-order valence-corrected chi connectivity index (χ1v) is 8.46. The van der Waals surface area contributed by atoms with Crippen molar-refractivity contribution in [1.29, 1.82) is 0 Å². The van der Waals surface area contributed by atoms with E-state index in [9.17, 15) is 14.4 Å². The van der Waals surface area contributed by atoms with E-state index in [1.165, 1.54) is 29.5 Å². The number of hydrogen-bond donors (Lipinski definition) is 3. The maximum atomic E-state index is 12.1. The number of halogens is 1. The monoisotopic (exact) mass is 365 g/mol. The van der Waals surface area contributed by atoms with E-state index in [-0.39, 0.29) is 18.4 Å². The number of amides is 3. The highest BCUT2D eigenvalue weighted by molar-refractivity contribution is 7.12. The number of benzene rings is 1. The van der Waals surface area contributed by atoms with Gasteiger partial charge in [0, 0.05) is 12.1 Å². The van der Waals surface area contributed by atoms with Gasteiger partial charge in [0.2, 0.25) is 5.91 Å². The minimum Gasteiger partial charge on any atom is -0.355 e. The van der Waals surface area contributed by atoms with Gasteiger partial charge in [0.15, 0.2) is 0 Å². The molecule has 0 saturated heterocycles. The zero-order valence-electron chi connectivity index (χ0n) is 12.9. The van der Waals surface area contributed by atoms with Crippen LogP contribution in [0.5, 0.6) is 0 Å². The first kappa shape index (κ1) is 18.0. The second kappa shape index (κ2) is 8.47. The minimum absolute atomic E-state index is 0.119. The molecule has 24 heavy (non-hydrogen) atoms. The van der Waals surface area contributed by atoms with Gasteiger partial charge >= 0.3 is 0 Å². The van der Waals surface area contributed by atoms with E-state index in [2.05, 4.69) is 16.0 Å². The Kier molecular flexibility index (Phi) is 6.34. The number of anilines is 1. The van der Waals surface area contributed by atoms with Crippen molar-refractivity contribution in [3.63, 3.8) is 0 Å². The van der Waals surface area contributed by atoms with E-state index in [0.717, 1.165) is 0 Å². The maximum absolute atomic E-state index is 12.1. The summed E-state index contributed by atoms with van der Waals surface area (Å²) in [4.78, 5) is 36.1. The molecule has 126 valence electrons. The number of carbonyl (C=O) groups excluding carboxylic acids is 3. The average molecular weight is 366 g/mol. The van der Waals surface area contributed by atoms with Crippen LogP contribution in [-0.2, 0) is 4.79 Å². The fourth-order valence-electron chi connectivity index (χ4n) is 1.88. The molecule has 3 amide bonds. The van der Waals surface area contributed by atoms with Gasteiger partial charge in [-0.15, -0.1) is 11.3 Å². The van der Waals surface area contributed by atoms with Crippen LogP contribution in [0.25, 0.3) is 0 Å². The fraction of sp³-hybridized carbons (Fsp3) is 0.188. The van der Waals surface area contributed by atoms with Gasteiger partial charge in [-0.05, 0) is 36.6 Å². The largest absolute Gasteiger partial charge is 0.355 e. The summed E-state index contributed by atoms with van der Waals surface area (Å²) in [5.74, 6) is -0.998. The van der Waals surface area contributed by atoms with Gasteiger partial charge in [0.1, 0.15) is 0 Å². The molecule has 0 radical (unpaired) electrons. The Morgan fingerprint density at radius 1 is 1.12 bits per heavy atom. The van der Waals surface area contributed by atoms with Crippen molar-refractivity contribution in [3.8, 4) is 0 Å². The molecular formula is C16H16ClN3O3S. The van der Waals surface area contributed by atoms with Crippen LogP contribution in [0.2, 0.25) is 5.02 Å².